The van der Waals surface area contributed by atoms with Gasteiger partial charge in [0.15, 0.2) is 5.75 Å². The molecule has 0 bridgehead atoms. The third-order valence-corrected chi connectivity index (χ3v) is 6.48. The van der Waals surface area contributed by atoms with E-state index in [0.29, 0.717) is 24.4 Å². The third-order valence-electron chi connectivity index (χ3n) is 6.48. The Morgan fingerprint density at radius 3 is 2.11 bits per heavy atom. The van der Waals surface area contributed by atoms with Gasteiger partial charge in [0.05, 0.1) is 0 Å². The second-order valence-corrected chi connectivity index (χ2v) is 10.8. The molecule has 1 aliphatic rings. The van der Waals surface area contributed by atoms with E-state index in [2.05, 4.69) is 25.7 Å². The molecule has 7 heteroatoms. The molecule has 0 unspecified atom stereocenters. The van der Waals surface area contributed by atoms with Crippen LogP contribution in [0.5, 0.6) is 11.5 Å². The summed E-state index contributed by atoms with van der Waals surface area (Å²) in [7, 11) is 3.91. The molecule has 7 nitrogen and oxygen atoms in total. The summed E-state index contributed by atoms with van der Waals surface area (Å²) >= 11 is 0. The summed E-state index contributed by atoms with van der Waals surface area (Å²) in [5.74, 6) is 0.0554. The highest BCUT2D eigenvalue weighted by atomic mass is 16.7. The van der Waals surface area contributed by atoms with Gasteiger partial charge in [-0.3, -0.25) is 4.90 Å². The molecule has 35 heavy (non-hydrogen) atoms. The number of carbonyl (C=O) groups excluding carboxylic acids is 2. The Labute approximate surface area is 209 Å². The first-order valence-corrected chi connectivity index (χ1v) is 12.0. The fourth-order valence-corrected chi connectivity index (χ4v) is 4.34. The van der Waals surface area contributed by atoms with E-state index in [1.165, 1.54) is 0 Å². The van der Waals surface area contributed by atoms with Gasteiger partial charge in [0.2, 0.25) is 0 Å². The van der Waals surface area contributed by atoms with E-state index in [4.69, 9.17) is 14.2 Å². The molecule has 190 valence electrons. The summed E-state index contributed by atoms with van der Waals surface area (Å²) in [6.07, 6.45) is 0.0984. The second-order valence-electron chi connectivity index (χ2n) is 10.8. The zero-order chi connectivity index (χ0) is 26.1. The van der Waals surface area contributed by atoms with Crippen molar-refractivity contribution in [3.8, 4) is 11.5 Å². The fourth-order valence-electron chi connectivity index (χ4n) is 4.34. The topological polar surface area (TPSA) is 68.3 Å². The minimum absolute atomic E-state index is 0.0790. The molecule has 2 aromatic rings. The van der Waals surface area contributed by atoms with Crippen molar-refractivity contribution in [1.29, 1.82) is 0 Å². The number of hydrogen-bond donors (Lipinski definition) is 0. The lowest BCUT2D eigenvalue weighted by Gasteiger charge is -2.34. The minimum atomic E-state index is -0.848. The average molecular weight is 483 g/mol. The van der Waals surface area contributed by atoms with E-state index in [1.807, 2.05) is 32.0 Å². The van der Waals surface area contributed by atoms with Crippen molar-refractivity contribution < 1.29 is 23.8 Å². The van der Waals surface area contributed by atoms with Crippen molar-refractivity contribution in [2.24, 2.45) is 0 Å². The molecule has 0 saturated heterocycles. The van der Waals surface area contributed by atoms with Crippen LogP contribution < -0.4 is 14.4 Å². The maximum absolute atomic E-state index is 13.5. The highest BCUT2D eigenvalue weighted by Crippen LogP contribution is 2.45. The molecule has 2 aromatic carbocycles. The van der Waals surface area contributed by atoms with Crippen LogP contribution in [0.25, 0.3) is 0 Å². The minimum Gasteiger partial charge on any atom is -0.428 e. The van der Waals surface area contributed by atoms with Crippen LogP contribution in [0.1, 0.15) is 75.0 Å². The van der Waals surface area contributed by atoms with Gasteiger partial charge >= 0.3 is 12.1 Å². The van der Waals surface area contributed by atoms with Gasteiger partial charge in [-0.2, -0.15) is 0 Å². The molecule has 0 fully saturated rings. The van der Waals surface area contributed by atoms with Gasteiger partial charge in [-0.25, -0.2) is 9.59 Å². The van der Waals surface area contributed by atoms with Crippen molar-refractivity contribution in [1.82, 2.24) is 4.90 Å². The third kappa shape index (κ3) is 5.78. The molecule has 0 spiro atoms. The molecule has 0 saturated carbocycles. The van der Waals surface area contributed by atoms with Crippen LogP contribution in [0.4, 0.5) is 10.5 Å². The summed E-state index contributed by atoms with van der Waals surface area (Å²) in [5.41, 5.74) is 2.91. The first-order valence-electron chi connectivity index (χ1n) is 12.0. The van der Waals surface area contributed by atoms with Crippen LogP contribution in [0.15, 0.2) is 30.3 Å². The molecule has 0 N–H and O–H groups in total. The van der Waals surface area contributed by atoms with E-state index in [9.17, 15) is 9.59 Å². The van der Waals surface area contributed by atoms with E-state index in [-0.39, 0.29) is 16.9 Å². The molecule has 3 rings (SSSR count). The maximum atomic E-state index is 13.5. The molecule has 1 aliphatic heterocycles. The van der Waals surface area contributed by atoms with Crippen molar-refractivity contribution in [2.45, 2.75) is 79.1 Å². The first-order chi connectivity index (χ1) is 16.2. The largest absolute Gasteiger partial charge is 0.514 e. The summed E-state index contributed by atoms with van der Waals surface area (Å²) in [6, 6.07) is 8.88. The first kappa shape index (κ1) is 26.5. The molecule has 0 radical (unpaired) electrons. The van der Waals surface area contributed by atoms with E-state index in [0.717, 1.165) is 23.2 Å². The average Bonchev–Trinajstić information content (AvgIpc) is 3.18. The van der Waals surface area contributed by atoms with Gasteiger partial charge in [-0.1, -0.05) is 25.1 Å². The normalized spacial score (nSPS) is 13.9. The standard InChI is InChI=1S/C28H38N2O5/c1-10-28(6,7)30-16-20-21(17-30)24(34-26(32)35-27(3,4)5)22(18(2)23(20)29(8)9)25(31)33-19-14-12-11-13-15-19/h11-15H,10,16-17H2,1-9H3. The second kappa shape index (κ2) is 9.90. The Balaban J connectivity index is 2.19. The lowest BCUT2D eigenvalue weighted by atomic mass is 9.95. The van der Waals surface area contributed by atoms with Gasteiger partial charge in [0.1, 0.15) is 16.9 Å². The number of benzene rings is 2. The van der Waals surface area contributed by atoms with E-state index in [1.54, 1.807) is 45.0 Å². The van der Waals surface area contributed by atoms with Crippen LogP contribution in [0.3, 0.4) is 0 Å². The van der Waals surface area contributed by atoms with Crippen molar-refractivity contribution in [3.63, 3.8) is 0 Å². The Morgan fingerprint density at radius 2 is 1.57 bits per heavy atom. The predicted octanol–water partition coefficient (Wildman–Crippen LogP) is 6.10. The van der Waals surface area contributed by atoms with Crippen molar-refractivity contribution >= 4 is 17.8 Å². The van der Waals surface area contributed by atoms with Crippen LogP contribution in [0.2, 0.25) is 0 Å². The monoisotopic (exact) mass is 482 g/mol. The fraction of sp³-hybridized carbons (Fsp3) is 0.500. The van der Waals surface area contributed by atoms with E-state index >= 15 is 0 Å². The van der Waals surface area contributed by atoms with Crippen LogP contribution >= 0.6 is 0 Å². The zero-order valence-corrected chi connectivity index (χ0v) is 22.4. The predicted molar refractivity (Wildman–Crippen MR) is 137 cm³/mol. The molecular formula is C28H38N2O5. The number of ether oxygens (including phenoxy) is 3. The molecule has 0 aromatic heterocycles. The molecular weight excluding hydrogens is 444 g/mol. The number of fused-ring (bicyclic) bond motifs is 1. The highest BCUT2D eigenvalue weighted by Gasteiger charge is 2.39. The maximum Gasteiger partial charge on any atom is 0.514 e. The Morgan fingerprint density at radius 1 is 0.971 bits per heavy atom. The number of carbonyl (C=O) groups is 2. The lowest BCUT2D eigenvalue weighted by Crippen LogP contribution is -2.39. The number of rotatable bonds is 6. The lowest BCUT2D eigenvalue weighted by molar-refractivity contribution is 0.0200. The van der Waals surface area contributed by atoms with Crippen LogP contribution in [-0.4, -0.2) is 42.3 Å². The van der Waals surface area contributed by atoms with Gasteiger partial charge in [0, 0.05) is 44.0 Å². The zero-order valence-electron chi connectivity index (χ0n) is 22.4. The molecule has 0 amide bonds. The number of nitrogens with zero attached hydrogens (tertiary/aromatic N) is 2. The molecule has 0 aliphatic carbocycles. The van der Waals surface area contributed by atoms with Gasteiger partial charge in [0.25, 0.3) is 0 Å². The Bertz CT molecular complexity index is 1100. The smallest absolute Gasteiger partial charge is 0.428 e. The van der Waals surface area contributed by atoms with Crippen LogP contribution in [0, 0.1) is 6.92 Å². The highest BCUT2D eigenvalue weighted by molar-refractivity contribution is 5.99. The van der Waals surface area contributed by atoms with Gasteiger partial charge < -0.3 is 19.1 Å². The summed E-state index contributed by atoms with van der Waals surface area (Å²) in [6.45, 7) is 15.0. The number of para-hydroxylation sites is 1. The number of anilines is 1. The summed E-state index contributed by atoms with van der Waals surface area (Å²) in [4.78, 5) is 30.7. The van der Waals surface area contributed by atoms with Crippen molar-refractivity contribution in [3.05, 3.63) is 52.6 Å². The quantitative estimate of drug-likeness (QED) is 0.280. The summed E-state index contributed by atoms with van der Waals surface area (Å²) < 4.78 is 17.0. The Kier molecular flexibility index (Phi) is 7.50. The van der Waals surface area contributed by atoms with Gasteiger partial charge in [-0.05, 0) is 71.2 Å². The summed E-state index contributed by atoms with van der Waals surface area (Å²) in [5, 5.41) is 0. The number of hydrogen-bond acceptors (Lipinski definition) is 7. The molecule has 1 heterocycles. The van der Waals surface area contributed by atoms with Gasteiger partial charge in [-0.15, -0.1) is 0 Å². The Hall–Kier alpha value is -3.06. The number of esters is 1. The van der Waals surface area contributed by atoms with Crippen LogP contribution in [-0.2, 0) is 17.8 Å². The van der Waals surface area contributed by atoms with Crippen molar-refractivity contribution in [2.75, 3.05) is 19.0 Å². The van der Waals surface area contributed by atoms with E-state index < -0.39 is 17.7 Å². The SMILES string of the molecule is CCC(C)(C)N1Cc2c(c(N(C)C)c(C)c(C(=O)Oc3ccccc3)c2OC(=O)OC(C)(C)C)C1. The molecule has 0 atom stereocenters.